The van der Waals surface area contributed by atoms with Gasteiger partial charge in [-0.15, -0.1) is 0 Å². The summed E-state index contributed by atoms with van der Waals surface area (Å²) in [5, 5.41) is 4.12. The van der Waals surface area contributed by atoms with Gasteiger partial charge >= 0.3 is 0 Å². The molecule has 0 spiro atoms. The van der Waals surface area contributed by atoms with Crippen LogP contribution < -0.4 is 4.72 Å². The topological polar surface area (TPSA) is 93.9 Å². The van der Waals surface area contributed by atoms with E-state index in [-0.39, 0.29) is 17.2 Å². The summed E-state index contributed by atoms with van der Waals surface area (Å²) in [5.74, 6) is -0.113. The van der Waals surface area contributed by atoms with E-state index in [1.165, 1.54) is 31.2 Å². The van der Waals surface area contributed by atoms with Gasteiger partial charge < -0.3 is 0 Å². The zero-order chi connectivity index (χ0) is 18.7. The molecule has 26 heavy (non-hydrogen) atoms. The van der Waals surface area contributed by atoms with Crippen molar-refractivity contribution in [3.8, 4) is 11.3 Å². The highest BCUT2D eigenvalue weighted by Crippen LogP contribution is 2.21. The lowest BCUT2D eigenvalue weighted by Crippen LogP contribution is -2.23. The van der Waals surface area contributed by atoms with E-state index in [4.69, 9.17) is 0 Å². The minimum Gasteiger partial charge on any atom is -0.295 e. The largest absolute Gasteiger partial charge is 0.295 e. The fourth-order valence-corrected chi connectivity index (χ4v) is 3.52. The number of hydrogen-bond acceptors (Lipinski definition) is 5. The van der Waals surface area contributed by atoms with Crippen LogP contribution in [0.15, 0.2) is 59.9 Å². The molecule has 2 aromatic heterocycles. The average molecular weight is 370 g/mol. The van der Waals surface area contributed by atoms with Crippen molar-refractivity contribution < 1.29 is 13.2 Å². The summed E-state index contributed by atoms with van der Waals surface area (Å²) in [6.07, 6.45) is 5.16. The number of aryl methyl sites for hydroxylation is 1. The minimum absolute atomic E-state index is 0.0921. The number of ketones is 1. The predicted octanol–water partition coefficient (Wildman–Crippen LogP) is 2.16. The number of carbonyl (C=O) groups excluding carboxylic acids is 1. The number of benzene rings is 1. The smallest absolute Gasteiger partial charge is 0.240 e. The highest BCUT2D eigenvalue weighted by Gasteiger charge is 2.16. The van der Waals surface area contributed by atoms with Crippen molar-refractivity contribution in [3.63, 3.8) is 0 Å². The fourth-order valence-electron chi connectivity index (χ4n) is 2.51. The van der Waals surface area contributed by atoms with Gasteiger partial charge in [0.05, 0.1) is 16.8 Å². The van der Waals surface area contributed by atoms with Crippen molar-refractivity contribution in [2.24, 2.45) is 7.05 Å². The van der Waals surface area contributed by atoms with Crippen LogP contribution in [0.4, 0.5) is 0 Å². The SMILES string of the molecule is CC(=O)c1ccc(S(=O)(=O)NCc2cccnc2-c2cnn(C)c2)cc1. The molecule has 0 aliphatic carbocycles. The lowest BCUT2D eigenvalue weighted by atomic mass is 10.1. The van der Waals surface area contributed by atoms with E-state index in [1.54, 1.807) is 30.2 Å². The molecule has 0 radical (unpaired) electrons. The molecule has 2 heterocycles. The van der Waals surface area contributed by atoms with Crippen LogP contribution in [-0.4, -0.2) is 29.0 Å². The molecular formula is C18H18N4O3S. The maximum absolute atomic E-state index is 12.5. The van der Waals surface area contributed by atoms with Crippen LogP contribution in [0.25, 0.3) is 11.3 Å². The van der Waals surface area contributed by atoms with Gasteiger partial charge in [-0.25, -0.2) is 13.1 Å². The van der Waals surface area contributed by atoms with E-state index in [1.807, 2.05) is 12.3 Å². The zero-order valence-electron chi connectivity index (χ0n) is 14.4. The van der Waals surface area contributed by atoms with E-state index in [0.29, 0.717) is 11.3 Å². The number of hydrogen-bond donors (Lipinski definition) is 1. The second-order valence-corrected chi connectivity index (χ2v) is 7.59. The highest BCUT2D eigenvalue weighted by atomic mass is 32.2. The van der Waals surface area contributed by atoms with Crippen LogP contribution in [0.3, 0.4) is 0 Å². The zero-order valence-corrected chi connectivity index (χ0v) is 15.2. The normalized spacial score (nSPS) is 11.5. The maximum Gasteiger partial charge on any atom is 0.240 e. The Labute approximate surface area is 151 Å². The summed E-state index contributed by atoms with van der Waals surface area (Å²) in [5.41, 5.74) is 2.70. The number of sulfonamides is 1. The third kappa shape index (κ3) is 3.87. The Bertz CT molecular complexity index is 1040. The molecule has 0 aliphatic heterocycles. The van der Waals surface area contributed by atoms with Crippen molar-refractivity contribution in [3.05, 3.63) is 66.1 Å². The van der Waals surface area contributed by atoms with Crippen LogP contribution in [0.2, 0.25) is 0 Å². The number of nitrogens with one attached hydrogen (secondary N) is 1. The molecule has 1 aromatic carbocycles. The molecular weight excluding hydrogens is 352 g/mol. The van der Waals surface area contributed by atoms with Gasteiger partial charge in [-0.1, -0.05) is 18.2 Å². The van der Waals surface area contributed by atoms with E-state index < -0.39 is 10.0 Å². The number of pyridine rings is 1. The maximum atomic E-state index is 12.5. The Hall–Kier alpha value is -2.84. The van der Waals surface area contributed by atoms with Crippen molar-refractivity contribution in [2.45, 2.75) is 18.4 Å². The van der Waals surface area contributed by atoms with Crippen LogP contribution in [0.1, 0.15) is 22.8 Å². The second kappa shape index (κ2) is 7.19. The molecule has 0 aliphatic rings. The van der Waals surface area contributed by atoms with Crippen LogP contribution in [0, 0.1) is 0 Å². The fraction of sp³-hybridized carbons (Fsp3) is 0.167. The van der Waals surface area contributed by atoms with Crippen LogP contribution in [-0.2, 0) is 23.6 Å². The first-order valence-corrected chi connectivity index (χ1v) is 9.39. The Balaban J connectivity index is 1.81. The lowest BCUT2D eigenvalue weighted by molar-refractivity contribution is 0.101. The molecule has 3 aromatic rings. The first kappa shape index (κ1) is 18.0. The monoisotopic (exact) mass is 370 g/mol. The Morgan fingerprint density at radius 1 is 1.19 bits per heavy atom. The summed E-state index contributed by atoms with van der Waals surface area (Å²) in [6, 6.07) is 9.42. The molecule has 0 bridgehead atoms. The Kier molecular flexibility index (Phi) is 4.97. The van der Waals surface area contributed by atoms with E-state index in [9.17, 15) is 13.2 Å². The summed E-state index contributed by atoms with van der Waals surface area (Å²) < 4.78 is 29.2. The number of aromatic nitrogens is 3. The van der Waals surface area contributed by atoms with Gasteiger partial charge in [0.2, 0.25) is 10.0 Å². The molecule has 7 nitrogen and oxygen atoms in total. The van der Waals surface area contributed by atoms with Gasteiger partial charge in [-0.2, -0.15) is 5.10 Å². The van der Waals surface area contributed by atoms with E-state index in [2.05, 4.69) is 14.8 Å². The average Bonchev–Trinajstić information content (AvgIpc) is 3.06. The summed E-state index contributed by atoms with van der Waals surface area (Å²) in [7, 11) is -1.90. The van der Waals surface area contributed by atoms with Crippen molar-refractivity contribution in [1.82, 2.24) is 19.5 Å². The quantitative estimate of drug-likeness (QED) is 0.671. The predicted molar refractivity (Wildman–Crippen MR) is 96.9 cm³/mol. The highest BCUT2D eigenvalue weighted by molar-refractivity contribution is 7.89. The van der Waals surface area contributed by atoms with Gasteiger partial charge in [0.15, 0.2) is 5.78 Å². The molecule has 3 rings (SSSR count). The molecule has 0 fully saturated rings. The van der Waals surface area contributed by atoms with E-state index in [0.717, 1.165) is 11.1 Å². The van der Waals surface area contributed by atoms with Gasteiger partial charge in [-0.3, -0.25) is 14.5 Å². The number of nitrogens with zero attached hydrogens (tertiary/aromatic N) is 3. The molecule has 0 amide bonds. The van der Waals surface area contributed by atoms with Crippen molar-refractivity contribution in [2.75, 3.05) is 0 Å². The summed E-state index contributed by atoms with van der Waals surface area (Å²) >= 11 is 0. The number of carbonyl (C=O) groups is 1. The van der Waals surface area contributed by atoms with Gasteiger partial charge in [0, 0.05) is 37.1 Å². The van der Waals surface area contributed by atoms with Crippen LogP contribution in [0.5, 0.6) is 0 Å². The van der Waals surface area contributed by atoms with Gasteiger partial charge in [-0.05, 0) is 30.7 Å². The molecule has 0 unspecified atom stereocenters. The third-order valence-electron chi connectivity index (χ3n) is 3.89. The molecule has 8 heteroatoms. The number of Topliss-reactive ketones (excluding diaryl/α,β-unsaturated/α-hetero) is 1. The molecule has 1 N–H and O–H groups in total. The Morgan fingerprint density at radius 2 is 1.92 bits per heavy atom. The molecule has 0 saturated heterocycles. The first-order valence-electron chi connectivity index (χ1n) is 7.90. The molecule has 0 atom stereocenters. The lowest BCUT2D eigenvalue weighted by Gasteiger charge is -2.10. The number of rotatable bonds is 6. The standard InChI is InChI=1S/C18H18N4O3S/c1-13(23)14-5-7-17(8-6-14)26(24,25)21-11-15-4-3-9-19-18(15)16-10-20-22(2)12-16/h3-10,12,21H,11H2,1-2H3. The van der Waals surface area contributed by atoms with Crippen molar-refractivity contribution in [1.29, 1.82) is 0 Å². The van der Waals surface area contributed by atoms with Gasteiger partial charge in [0.1, 0.15) is 0 Å². The van der Waals surface area contributed by atoms with Crippen molar-refractivity contribution >= 4 is 15.8 Å². The second-order valence-electron chi connectivity index (χ2n) is 5.82. The van der Waals surface area contributed by atoms with Gasteiger partial charge in [0.25, 0.3) is 0 Å². The van der Waals surface area contributed by atoms with Crippen LogP contribution >= 0.6 is 0 Å². The summed E-state index contributed by atoms with van der Waals surface area (Å²) in [6.45, 7) is 1.53. The first-order chi connectivity index (χ1) is 12.4. The third-order valence-corrected chi connectivity index (χ3v) is 5.31. The minimum atomic E-state index is -3.70. The molecule has 134 valence electrons. The summed E-state index contributed by atoms with van der Waals surface area (Å²) in [4.78, 5) is 15.8. The molecule has 0 saturated carbocycles. The van der Waals surface area contributed by atoms with E-state index >= 15 is 0 Å². The Morgan fingerprint density at radius 3 is 2.54 bits per heavy atom.